The van der Waals surface area contributed by atoms with Gasteiger partial charge in [-0.3, -0.25) is 4.79 Å². The molecular weight excluding hydrogens is 319 g/mol. The van der Waals surface area contributed by atoms with E-state index < -0.39 is 6.04 Å². The van der Waals surface area contributed by atoms with E-state index >= 15 is 0 Å². The van der Waals surface area contributed by atoms with Gasteiger partial charge in [-0.25, -0.2) is 0 Å². The van der Waals surface area contributed by atoms with Crippen LogP contribution in [-0.2, 0) is 11.2 Å². The van der Waals surface area contributed by atoms with E-state index in [1.165, 1.54) is 5.56 Å². The Morgan fingerprint density at radius 1 is 1.18 bits per heavy atom. The Morgan fingerprint density at radius 3 is 2.68 bits per heavy atom. The fourth-order valence-electron chi connectivity index (χ4n) is 2.03. The van der Waals surface area contributed by atoms with E-state index in [0.29, 0.717) is 15.7 Å². The summed E-state index contributed by atoms with van der Waals surface area (Å²) < 4.78 is 0. The maximum atomic E-state index is 12.3. The smallest absolute Gasteiger partial charge is 0.246 e. The molecule has 2 rings (SSSR count). The lowest BCUT2D eigenvalue weighted by Crippen LogP contribution is -2.32. The number of carbonyl (C=O) groups excluding carboxylic acids is 1. The van der Waals surface area contributed by atoms with Crippen molar-refractivity contribution in [3.05, 3.63) is 58.1 Å². The Bertz CT molecular complexity index is 673. The summed E-state index contributed by atoms with van der Waals surface area (Å²) in [5, 5.41) is 6.94. The first-order valence-corrected chi connectivity index (χ1v) is 7.86. The van der Waals surface area contributed by atoms with E-state index in [9.17, 15) is 4.79 Å². The van der Waals surface area contributed by atoms with Crippen LogP contribution in [0.15, 0.2) is 42.5 Å². The Balaban J connectivity index is 2.04. The molecule has 2 N–H and O–H groups in total. The number of halogens is 2. The lowest BCUT2D eigenvalue weighted by Gasteiger charge is -2.16. The average Bonchev–Trinajstić information content (AvgIpc) is 2.51. The molecule has 2 aromatic carbocycles. The van der Waals surface area contributed by atoms with Gasteiger partial charge in [0, 0.05) is 10.7 Å². The van der Waals surface area contributed by atoms with E-state index in [0.717, 1.165) is 12.1 Å². The van der Waals surface area contributed by atoms with E-state index in [4.69, 9.17) is 23.2 Å². The third-order valence-electron chi connectivity index (χ3n) is 3.30. The van der Waals surface area contributed by atoms with Gasteiger partial charge in [-0.1, -0.05) is 42.3 Å². The van der Waals surface area contributed by atoms with Crippen molar-refractivity contribution in [3.63, 3.8) is 0 Å². The van der Waals surface area contributed by atoms with Crippen LogP contribution in [0.4, 0.5) is 11.4 Å². The van der Waals surface area contributed by atoms with Gasteiger partial charge in [0.15, 0.2) is 0 Å². The van der Waals surface area contributed by atoms with Crippen LogP contribution in [0, 0.1) is 0 Å². The third-order valence-corrected chi connectivity index (χ3v) is 3.86. The van der Waals surface area contributed by atoms with Crippen molar-refractivity contribution in [3.8, 4) is 0 Å². The number of benzene rings is 2. The topological polar surface area (TPSA) is 41.1 Å². The van der Waals surface area contributed by atoms with Crippen molar-refractivity contribution in [1.29, 1.82) is 0 Å². The molecule has 5 heteroatoms. The predicted octanol–water partition coefficient (Wildman–Crippen LogP) is 4.99. The van der Waals surface area contributed by atoms with E-state index in [1.54, 1.807) is 25.1 Å². The molecule has 0 aliphatic heterocycles. The van der Waals surface area contributed by atoms with Crippen LogP contribution < -0.4 is 10.6 Å². The minimum Gasteiger partial charge on any atom is -0.374 e. The van der Waals surface area contributed by atoms with Gasteiger partial charge in [0.2, 0.25) is 5.91 Å². The summed E-state index contributed by atoms with van der Waals surface area (Å²) in [7, 11) is 0. The SMILES string of the molecule is CCc1cccc(N[C@@H](C)C(=O)Nc2cc(Cl)ccc2Cl)c1. The highest BCUT2D eigenvalue weighted by Crippen LogP contribution is 2.25. The van der Waals surface area contributed by atoms with Crippen LogP contribution in [-0.4, -0.2) is 11.9 Å². The summed E-state index contributed by atoms with van der Waals surface area (Å²) in [4.78, 5) is 12.3. The fourth-order valence-corrected chi connectivity index (χ4v) is 2.37. The molecule has 0 aliphatic carbocycles. The van der Waals surface area contributed by atoms with Crippen LogP contribution in [0.2, 0.25) is 10.0 Å². The highest BCUT2D eigenvalue weighted by molar-refractivity contribution is 6.35. The molecule has 0 aromatic heterocycles. The summed E-state index contributed by atoms with van der Waals surface area (Å²) in [5.41, 5.74) is 2.64. The molecule has 116 valence electrons. The number of carbonyl (C=O) groups is 1. The fraction of sp³-hybridized carbons (Fsp3) is 0.235. The van der Waals surface area contributed by atoms with E-state index in [2.05, 4.69) is 23.6 Å². The molecule has 22 heavy (non-hydrogen) atoms. The third kappa shape index (κ3) is 4.39. The molecule has 0 saturated carbocycles. The van der Waals surface area contributed by atoms with Crippen molar-refractivity contribution in [1.82, 2.24) is 0 Å². The molecule has 1 atom stereocenters. The molecule has 2 aromatic rings. The zero-order valence-electron chi connectivity index (χ0n) is 12.5. The summed E-state index contributed by atoms with van der Waals surface area (Å²) >= 11 is 12.0. The Labute approximate surface area is 140 Å². The maximum Gasteiger partial charge on any atom is 0.246 e. The molecule has 0 fully saturated rings. The van der Waals surface area contributed by atoms with Crippen molar-refractivity contribution in [2.24, 2.45) is 0 Å². The minimum atomic E-state index is -0.401. The molecule has 0 bridgehead atoms. The zero-order valence-corrected chi connectivity index (χ0v) is 14.0. The van der Waals surface area contributed by atoms with Gasteiger partial charge in [-0.15, -0.1) is 0 Å². The zero-order chi connectivity index (χ0) is 16.1. The molecule has 0 saturated heterocycles. The van der Waals surface area contributed by atoms with Crippen molar-refractivity contribution in [2.45, 2.75) is 26.3 Å². The van der Waals surface area contributed by atoms with Crippen LogP contribution in [0.1, 0.15) is 19.4 Å². The second-order valence-corrected chi connectivity index (χ2v) is 5.88. The van der Waals surface area contributed by atoms with Gasteiger partial charge in [0.25, 0.3) is 0 Å². The maximum absolute atomic E-state index is 12.3. The number of amides is 1. The van der Waals surface area contributed by atoms with Gasteiger partial charge in [-0.2, -0.15) is 0 Å². The first-order valence-electron chi connectivity index (χ1n) is 7.11. The first kappa shape index (κ1) is 16.7. The van der Waals surface area contributed by atoms with E-state index in [-0.39, 0.29) is 5.91 Å². The van der Waals surface area contributed by atoms with Gasteiger partial charge in [0.05, 0.1) is 10.7 Å². The number of aryl methyl sites for hydroxylation is 1. The molecule has 0 radical (unpaired) electrons. The van der Waals surface area contributed by atoms with Gasteiger partial charge in [-0.05, 0) is 49.2 Å². The molecule has 0 unspecified atom stereocenters. The summed E-state index contributed by atoms with van der Waals surface area (Å²) in [6.45, 7) is 3.89. The molecule has 0 spiro atoms. The number of rotatable bonds is 5. The van der Waals surface area contributed by atoms with Gasteiger partial charge < -0.3 is 10.6 Å². The van der Waals surface area contributed by atoms with Crippen molar-refractivity contribution in [2.75, 3.05) is 10.6 Å². The monoisotopic (exact) mass is 336 g/mol. The number of anilines is 2. The van der Waals surface area contributed by atoms with E-state index in [1.807, 2.05) is 18.2 Å². The summed E-state index contributed by atoms with van der Waals surface area (Å²) in [5.74, 6) is -0.175. The lowest BCUT2D eigenvalue weighted by molar-refractivity contribution is -0.116. The molecule has 3 nitrogen and oxygen atoms in total. The van der Waals surface area contributed by atoms with Crippen LogP contribution in [0.25, 0.3) is 0 Å². The highest BCUT2D eigenvalue weighted by Gasteiger charge is 2.14. The quantitative estimate of drug-likeness (QED) is 0.806. The molecule has 1 amide bonds. The predicted molar refractivity (Wildman–Crippen MR) is 94.0 cm³/mol. The van der Waals surface area contributed by atoms with Gasteiger partial charge >= 0.3 is 0 Å². The number of nitrogens with one attached hydrogen (secondary N) is 2. The first-order chi connectivity index (χ1) is 10.5. The normalized spacial score (nSPS) is 11.8. The Morgan fingerprint density at radius 2 is 1.95 bits per heavy atom. The van der Waals surface area contributed by atoms with Crippen LogP contribution in [0.3, 0.4) is 0 Å². The summed E-state index contributed by atoms with van der Waals surface area (Å²) in [6, 6.07) is 12.6. The second kappa shape index (κ2) is 7.52. The van der Waals surface area contributed by atoms with Crippen molar-refractivity contribution >= 4 is 40.5 Å². The summed E-state index contributed by atoms with van der Waals surface area (Å²) in [6.07, 6.45) is 0.953. The largest absolute Gasteiger partial charge is 0.374 e. The average molecular weight is 337 g/mol. The Hall–Kier alpha value is -1.71. The molecule has 0 aliphatic rings. The van der Waals surface area contributed by atoms with Crippen molar-refractivity contribution < 1.29 is 4.79 Å². The standard InChI is InChI=1S/C17H18Cl2N2O/c1-3-12-5-4-6-14(9-12)20-11(2)17(22)21-16-10-13(18)7-8-15(16)19/h4-11,20H,3H2,1-2H3,(H,21,22)/t11-/m0/s1. The van der Waals surface area contributed by atoms with Gasteiger partial charge in [0.1, 0.15) is 6.04 Å². The molecule has 0 heterocycles. The molecular formula is C17H18Cl2N2O. The highest BCUT2D eigenvalue weighted by atomic mass is 35.5. The minimum absolute atomic E-state index is 0.175. The van der Waals surface area contributed by atoms with Crippen LogP contribution >= 0.6 is 23.2 Å². The number of hydrogen-bond acceptors (Lipinski definition) is 2. The lowest BCUT2D eigenvalue weighted by atomic mass is 10.1. The van der Waals surface area contributed by atoms with Crippen LogP contribution in [0.5, 0.6) is 0 Å². The Kier molecular flexibility index (Phi) is 5.69. The number of hydrogen-bond donors (Lipinski definition) is 2. The second-order valence-electron chi connectivity index (χ2n) is 5.03.